The van der Waals surface area contributed by atoms with Gasteiger partial charge in [0.05, 0.1) is 11.2 Å². The molecule has 0 rings (SSSR count). The lowest BCUT2D eigenvalue weighted by Crippen LogP contribution is -2.38. The molecule has 4 nitrogen and oxygen atoms in total. The molecule has 0 aromatic heterocycles. The first-order valence-electron chi connectivity index (χ1n) is 7.21. The minimum absolute atomic E-state index is 0.378. The second-order valence-electron chi connectivity index (χ2n) is 7.15. The van der Waals surface area contributed by atoms with Gasteiger partial charge in [0.1, 0.15) is 0 Å². The van der Waals surface area contributed by atoms with Crippen molar-refractivity contribution in [2.45, 2.75) is 98.1 Å². The van der Waals surface area contributed by atoms with Crippen molar-refractivity contribution in [1.82, 2.24) is 0 Å². The smallest absolute Gasteiger partial charge is 0.228 e. The maximum absolute atomic E-state index is 5.49. The molecule has 0 spiro atoms. The van der Waals surface area contributed by atoms with Crippen molar-refractivity contribution in [3.8, 4) is 0 Å². The van der Waals surface area contributed by atoms with Gasteiger partial charge in [0.25, 0.3) is 0 Å². The molecule has 0 heterocycles. The highest BCUT2D eigenvalue weighted by Crippen LogP contribution is 2.26. The van der Waals surface area contributed by atoms with E-state index >= 15 is 0 Å². The first-order chi connectivity index (χ1) is 8.47. The van der Waals surface area contributed by atoms with Crippen LogP contribution in [0.1, 0.15) is 81.1 Å². The lowest BCUT2D eigenvalue weighted by molar-refractivity contribution is -0.537. The molecule has 4 heteroatoms. The minimum atomic E-state index is -0.879. The summed E-state index contributed by atoms with van der Waals surface area (Å²) in [4.78, 5) is 21.7. The topological polar surface area (TPSA) is 36.9 Å². The van der Waals surface area contributed by atoms with E-state index in [1.54, 1.807) is 0 Å². The Morgan fingerprint density at radius 3 is 1.37 bits per heavy atom. The SMILES string of the molecule is CCCCCC(C)(OOC(C)(C)C)OOC(C)(C)C. The Balaban J connectivity index is 4.43. The molecule has 0 fully saturated rings. The fourth-order valence-electron chi connectivity index (χ4n) is 1.22. The van der Waals surface area contributed by atoms with E-state index in [2.05, 4.69) is 6.92 Å². The van der Waals surface area contributed by atoms with Crippen molar-refractivity contribution in [2.24, 2.45) is 0 Å². The van der Waals surface area contributed by atoms with Gasteiger partial charge in [-0.3, -0.25) is 0 Å². The molecular weight excluding hydrogens is 244 g/mol. The van der Waals surface area contributed by atoms with Crippen molar-refractivity contribution in [1.29, 1.82) is 0 Å². The Kier molecular flexibility index (Phi) is 7.51. The number of rotatable bonds is 8. The van der Waals surface area contributed by atoms with Gasteiger partial charge >= 0.3 is 0 Å². The molecule has 0 saturated heterocycles. The molecule has 0 atom stereocenters. The standard InChI is InChI=1S/C15H32O4/c1-9-10-11-12-15(8,18-16-13(2,3)4)19-17-14(5,6)7/h9-12H2,1-8H3. The molecular formula is C15H32O4. The normalized spacial score (nSPS) is 13.9. The Morgan fingerprint density at radius 2 is 1.05 bits per heavy atom. The first kappa shape index (κ1) is 18.8. The van der Waals surface area contributed by atoms with Crippen molar-refractivity contribution in [2.75, 3.05) is 0 Å². The molecule has 0 N–H and O–H groups in total. The highest BCUT2D eigenvalue weighted by Gasteiger charge is 2.33. The number of hydrogen-bond donors (Lipinski definition) is 0. The maximum atomic E-state index is 5.49. The van der Waals surface area contributed by atoms with Crippen LogP contribution in [0.5, 0.6) is 0 Å². The largest absolute Gasteiger partial charge is 0.231 e. The predicted octanol–water partition coefficient (Wildman–Crippen LogP) is 4.78. The summed E-state index contributed by atoms with van der Waals surface area (Å²) in [6.07, 6.45) is 4.02. The lowest BCUT2D eigenvalue weighted by Gasteiger charge is -2.32. The second-order valence-corrected chi connectivity index (χ2v) is 7.15. The molecule has 19 heavy (non-hydrogen) atoms. The highest BCUT2D eigenvalue weighted by molar-refractivity contribution is 4.63. The molecule has 116 valence electrons. The third-order valence-electron chi connectivity index (χ3n) is 2.17. The van der Waals surface area contributed by atoms with Gasteiger partial charge in [-0.1, -0.05) is 19.8 Å². The molecule has 0 aromatic carbocycles. The molecule has 0 aliphatic heterocycles. The summed E-state index contributed by atoms with van der Waals surface area (Å²) >= 11 is 0. The van der Waals surface area contributed by atoms with E-state index in [0.29, 0.717) is 0 Å². The summed E-state index contributed by atoms with van der Waals surface area (Å²) in [6.45, 7) is 15.6. The number of hydrogen-bond acceptors (Lipinski definition) is 4. The first-order valence-corrected chi connectivity index (χ1v) is 7.21. The second kappa shape index (κ2) is 7.58. The average Bonchev–Trinajstić information content (AvgIpc) is 2.23. The summed E-state index contributed by atoms with van der Waals surface area (Å²) < 4.78 is 0. The fraction of sp³-hybridized carbons (Fsp3) is 1.00. The Bertz CT molecular complexity index is 220. The van der Waals surface area contributed by atoms with Crippen LogP contribution < -0.4 is 0 Å². The van der Waals surface area contributed by atoms with Crippen molar-refractivity contribution >= 4 is 0 Å². The molecule has 0 saturated carbocycles. The van der Waals surface area contributed by atoms with Crippen LogP contribution in [0, 0.1) is 0 Å². The molecule has 0 radical (unpaired) electrons. The molecule has 0 bridgehead atoms. The van der Waals surface area contributed by atoms with E-state index in [1.165, 1.54) is 0 Å². The van der Waals surface area contributed by atoms with Crippen LogP contribution in [0.15, 0.2) is 0 Å². The van der Waals surface area contributed by atoms with Crippen molar-refractivity contribution in [3.63, 3.8) is 0 Å². The molecule has 0 aromatic rings. The Morgan fingerprint density at radius 1 is 0.632 bits per heavy atom. The van der Waals surface area contributed by atoms with Crippen molar-refractivity contribution in [3.05, 3.63) is 0 Å². The summed E-state index contributed by atoms with van der Waals surface area (Å²) in [5, 5.41) is 0. The van der Waals surface area contributed by atoms with Gasteiger partial charge in [-0.05, 0) is 54.9 Å². The van der Waals surface area contributed by atoms with E-state index in [0.717, 1.165) is 25.7 Å². The van der Waals surface area contributed by atoms with Crippen LogP contribution in [-0.4, -0.2) is 17.0 Å². The quantitative estimate of drug-likeness (QED) is 0.277. The molecule has 0 unspecified atom stereocenters. The van der Waals surface area contributed by atoms with Crippen LogP contribution >= 0.6 is 0 Å². The van der Waals surface area contributed by atoms with E-state index in [9.17, 15) is 0 Å². The Hall–Kier alpha value is -0.160. The summed E-state index contributed by atoms with van der Waals surface area (Å²) in [5.41, 5.74) is -0.756. The van der Waals surface area contributed by atoms with E-state index < -0.39 is 5.79 Å². The third kappa shape index (κ3) is 11.4. The lowest BCUT2D eigenvalue weighted by atomic mass is 10.1. The summed E-state index contributed by atoms with van der Waals surface area (Å²) in [5.74, 6) is -0.879. The highest BCUT2D eigenvalue weighted by atomic mass is 17.3. The maximum Gasteiger partial charge on any atom is 0.231 e. The van der Waals surface area contributed by atoms with Gasteiger partial charge in [0, 0.05) is 6.42 Å². The zero-order chi connectivity index (χ0) is 15.2. The van der Waals surface area contributed by atoms with Gasteiger partial charge in [-0.25, -0.2) is 9.78 Å². The molecule has 0 aliphatic carbocycles. The van der Waals surface area contributed by atoms with Gasteiger partial charge in [-0.15, -0.1) is 0 Å². The minimum Gasteiger partial charge on any atom is -0.228 e. The molecule has 0 aliphatic rings. The van der Waals surface area contributed by atoms with Crippen LogP contribution in [0.3, 0.4) is 0 Å². The zero-order valence-corrected chi connectivity index (χ0v) is 14.0. The summed E-state index contributed by atoms with van der Waals surface area (Å²) in [6, 6.07) is 0. The van der Waals surface area contributed by atoms with Crippen LogP contribution in [0.4, 0.5) is 0 Å². The van der Waals surface area contributed by atoms with Crippen molar-refractivity contribution < 1.29 is 19.6 Å². The van der Waals surface area contributed by atoms with Crippen LogP contribution in [-0.2, 0) is 19.6 Å². The van der Waals surface area contributed by atoms with Crippen LogP contribution in [0.25, 0.3) is 0 Å². The monoisotopic (exact) mass is 276 g/mol. The van der Waals surface area contributed by atoms with E-state index in [1.807, 2.05) is 48.5 Å². The fourth-order valence-corrected chi connectivity index (χ4v) is 1.22. The van der Waals surface area contributed by atoms with E-state index in [4.69, 9.17) is 19.6 Å². The summed E-state index contributed by atoms with van der Waals surface area (Å²) in [7, 11) is 0. The van der Waals surface area contributed by atoms with Gasteiger partial charge in [0.2, 0.25) is 5.79 Å². The number of unbranched alkanes of at least 4 members (excludes halogenated alkanes) is 2. The third-order valence-corrected chi connectivity index (χ3v) is 2.17. The Labute approximate surface area is 118 Å². The van der Waals surface area contributed by atoms with Crippen LogP contribution in [0.2, 0.25) is 0 Å². The average molecular weight is 276 g/mol. The molecule has 0 amide bonds. The zero-order valence-electron chi connectivity index (χ0n) is 14.0. The predicted molar refractivity (Wildman–Crippen MR) is 76.4 cm³/mol. The van der Waals surface area contributed by atoms with Gasteiger partial charge < -0.3 is 0 Å². The van der Waals surface area contributed by atoms with Gasteiger partial charge in [0.15, 0.2) is 0 Å². The van der Waals surface area contributed by atoms with E-state index in [-0.39, 0.29) is 11.2 Å². The van der Waals surface area contributed by atoms with Gasteiger partial charge in [-0.2, -0.15) is 9.78 Å².